The summed E-state index contributed by atoms with van der Waals surface area (Å²) in [4.78, 5) is 0. The summed E-state index contributed by atoms with van der Waals surface area (Å²) in [6, 6.07) is 0. The number of rotatable bonds is 3. The van der Waals surface area contributed by atoms with Crippen molar-refractivity contribution < 1.29 is 8.02 Å². The van der Waals surface area contributed by atoms with Gasteiger partial charge in [-0.2, -0.15) is 0 Å². The fourth-order valence-corrected chi connectivity index (χ4v) is 1.39. The molecule has 0 aromatic rings. The number of hydrogen-bond donors (Lipinski definition) is 1. The van der Waals surface area contributed by atoms with Gasteiger partial charge in [-0.1, -0.05) is 0 Å². The minimum absolute atomic E-state index is 0. The SMILES string of the molecule is CCCC[Se](=O)O.[Pb]. The van der Waals surface area contributed by atoms with Crippen LogP contribution < -0.4 is 0 Å². The molecule has 0 fully saturated rings. The normalized spacial score (nSPS) is 12.2. The molecule has 1 unspecified atom stereocenters. The van der Waals surface area contributed by atoms with Crippen molar-refractivity contribution >= 4 is 41.5 Å². The van der Waals surface area contributed by atoms with E-state index in [2.05, 4.69) is 0 Å². The Bertz CT molecular complexity index is 67.1. The van der Waals surface area contributed by atoms with Crippen molar-refractivity contribution in [2.45, 2.75) is 25.1 Å². The van der Waals surface area contributed by atoms with Crippen LogP contribution in [0, 0.1) is 0 Å². The molecule has 2 nitrogen and oxygen atoms in total. The third kappa shape index (κ3) is 10.2. The van der Waals surface area contributed by atoms with Crippen molar-refractivity contribution in [1.82, 2.24) is 0 Å². The summed E-state index contributed by atoms with van der Waals surface area (Å²) < 4.78 is 18.2. The Labute approximate surface area is 74.2 Å². The van der Waals surface area contributed by atoms with E-state index in [9.17, 15) is 3.83 Å². The van der Waals surface area contributed by atoms with Crippen LogP contribution in [0.5, 0.6) is 0 Å². The first-order chi connectivity index (χ1) is 3.27. The Morgan fingerprint density at radius 1 is 1.62 bits per heavy atom. The molecule has 1 N–H and O–H groups in total. The minimum atomic E-state index is -2.33. The first kappa shape index (κ1) is 11.9. The van der Waals surface area contributed by atoms with E-state index in [0.717, 1.165) is 12.8 Å². The molecule has 48 valence electrons. The van der Waals surface area contributed by atoms with Crippen LogP contribution in [0.3, 0.4) is 0 Å². The van der Waals surface area contributed by atoms with Crippen LogP contribution in [0.2, 0.25) is 5.32 Å². The molecule has 0 aromatic heterocycles. The Kier molecular flexibility index (Phi) is 12.2. The molecule has 4 heteroatoms. The van der Waals surface area contributed by atoms with Crippen LogP contribution in [-0.4, -0.2) is 45.7 Å². The first-order valence-corrected chi connectivity index (χ1v) is 5.02. The molecule has 8 heavy (non-hydrogen) atoms. The summed E-state index contributed by atoms with van der Waals surface area (Å²) in [5.41, 5.74) is 0. The van der Waals surface area contributed by atoms with E-state index in [0.29, 0.717) is 5.32 Å². The number of hydrogen-bond acceptors (Lipinski definition) is 1. The van der Waals surface area contributed by atoms with Gasteiger partial charge in [0.1, 0.15) is 0 Å². The van der Waals surface area contributed by atoms with E-state index in [4.69, 9.17) is 4.19 Å². The maximum atomic E-state index is 9.97. The summed E-state index contributed by atoms with van der Waals surface area (Å²) in [6.45, 7) is 2.01. The zero-order valence-corrected chi connectivity index (χ0v) is 10.5. The van der Waals surface area contributed by atoms with Crippen molar-refractivity contribution in [2.24, 2.45) is 0 Å². The van der Waals surface area contributed by atoms with Crippen molar-refractivity contribution in [3.8, 4) is 0 Å². The summed E-state index contributed by atoms with van der Waals surface area (Å²) in [7, 11) is 0. The standard InChI is InChI=1S/C4H10O2Se.Pb/c1-2-3-4-7(5)6;/h2-4H2,1H3,(H,5,6);. The summed E-state index contributed by atoms with van der Waals surface area (Å²) in [6.07, 6.45) is 1.91. The van der Waals surface area contributed by atoms with Gasteiger partial charge < -0.3 is 0 Å². The fourth-order valence-electron chi connectivity index (χ4n) is 0.268. The van der Waals surface area contributed by atoms with E-state index in [1.807, 2.05) is 6.92 Å². The predicted molar refractivity (Wildman–Crippen MR) is 34.1 cm³/mol. The van der Waals surface area contributed by atoms with Gasteiger partial charge in [-0.15, -0.1) is 0 Å². The summed E-state index contributed by atoms with van der Waals surface area (Å²) in [5.74, 6) is 0. The quantitative estimate of drug-likeness (QED) is 0.721. The third-order valence-corrected chi connectivity index (χ3v) is 2.01. The second kappa shape index (κ2) is 8.20. The first-order valence-electron chi connectivity index (χ1n) is 2.35. The zero-order chi connectivity index (χ0) is 5.70. The molecule has 0 bridgehead atoms. The topological polar surface area (TPSA) is 37.3 Å². The average Bonchev–Trinajstić information content (AvgIpc) is 1.61. The van der Waals surface area contributed by atoms with Gasteiger partial charge in [0.05, 0.1) is 0 Å². The van der Waals surface area contributed by atoms with E-state index in [1.54, 1.807) is 0 Å². The van der Waals surface area contributed by atoms with Crippen LogP contribution in [0.4, 0.5) is 0 Å². The molecule has 0 spiro atoms. The molecule has 0 aromatic carbocycles. The van der Waals surface area contributed by atoms with Crippen LogP contribution in [-0.2, 0) is 3.83 Å². The largest absolute Gasteiger partial charge is 0 e. The molecule has 0 aliphatic heterocycles. The van der Waals surface area contributed by atoms with E-state index in [1.165, 1.54) is 0 Å². The summed E-state index contributed by atoms with van der Waals surface area (Å²) in [5, 5.41) is 0.524. The molecule has 0 saturated heterocycles. The maximum Gasteiger partial charge on any atom is 0 e. The Morgan fingerprint density at radius 2 is 2.12 bits per heavy atom. The molecule has 0 rings (SSSR count). The summed E-state index contributed by atoms with van der Waals surface area (Å²) >= 11 is -2.33. The molecular weight excluding hydrogens is 366 g/mol. The zero-order valence-electron chi connectivity index (χ0n) is 4.89. The molecular formula is C4H10O2PbSe. The van der Waals surface area contributed by atoms with Crippen molar-refractivity contribution in [3.63, 3.8) is 0 Å². The smallest absolute Gasteiger partial charge is 0 e. The van der Waals surface area contributed by atoms with Crippen LogP contribution in [0.25, 0.3) is 0 Å². The van der Waals surface area contributed by atoms with Gasteiger partial charge in [0.25, 0.3) is 0 Å². The van der Waals surface area contributed by atoms with Gasteiger partial charge in [-0.05, 0) is 0 Å². The maximum absolute atomic E-state index is 9.97. The van der Waals surface area contributed by atoms with Crippen molar-refractivity contribution in [3.05, 3.63) is 0 Å². The van der Waals surface area contributed by atoms with Gasteiger partial charge in [0.2, 0.25) is 0 Å². The molecule has 0 aliphatic rings. The molecule has 0 saturated carbocycles. The molecule has 0 aliphatic carbocycles. The second-order valence-corrected chi connectivity index (χ2v) is 3.58. The van der Waals surface area contributed by atoms with E-state index >= 15 is 0 Å². The molecule has 0 heterocycles. The Morgan fingerprint density at radius 3 is 2.25 bits per heavy atom. The van der Waals surface area contributed by atoms with Crippen LogP contribution in [0.1, 0.15) is 19.8 Å². The Hall–Kier alpha value is 1.20. The van der Waals surface area contributed by atoms with Crippen LogP contribution >= 0.6 is 0 Å². The van der Waals surface area contributed by atoms with Gasteiger partial charge >= 0.3 is 47.3 Å². The average molecular weight is 376 g/mol. The van der Waals surface area contributed by atoms with Gasteiger partial charge in [0.15, 0.2) is 0 Å². The molecule has 4 radical (unpaired) electrons. The van der Waals surface area contributed by atoms with Crippen molar-refractivity contribution in [1.29, 1.82) is 0 Å². The van der Waals surface area contributed by atoms with E-state index in [-0.39, 0.29) is 27.3 Å². The van der Waals surface area contributed by atoms with Crippen LogP contribution in [0.15, 0.2) is 0 Å². The van der Waals surface area contributed by atoms with Gasteiger partial charge in [-0.3, -0.25) is 0 Å². The number of unbranched alkanes of at least 4 members (excludes halogenated alkanes) is 1. The van der Waals surface area contributed by atoms with E-state index < -0.39 is 14.2 Å². The Balaban J connectivity index is 0. The second-order valence-electron chi connectivity index (χ2n) is 1.38. The van der Waals surface area contributed by atoms with Crippen molar-refractivity contribution in [2.75, 3.05) is 0 Å². The predicted octanol–water partition coefficient (Wildman–Crippen LogP) is 0.317. The third-order valence-electron chi connectivity index (χ3n) is 0.673. The molecule has 0 amide bonds. The minimum Gasteiger partial charge on any atom is 0 e. The molecule has 1 atom stereocenters. The fraction of sp³-hybridized carbons (Fsp3) is 1.00. The monoisotopic (exact) mass is 378 g/mol. The van der Waals surface area contributed by atoms with Gasteiger partial charge in [0, 0.05) is 27.3 Å². The van der Waals surface area contributed by atoms with Gasteiger partial charge in [-0.25, -0.2) is 0 Å².